The molecule has 0 aliphatic heterocycles. The summed E-state index contributed by atoms with van der Waals surface area (Å²) in [5, 5.41) is 0. The van der Waals surface area contributed by atoms with E-state index in [1.54, 1.807) is 12.1 Å². The first-order chi connectivity index (χ1) is 7.25. The Bertz CT molecular complexity index is 461. The summed E-state index contributed by atoms with van der Waals surface area (Å²) >= 11 is 4.90. The van der Waals surface area contributed by atoms with Crippen LogP contribution in [0, 0.1) is 8.83 Å². The smallest absolute Gasteiger partial charge is 0.174 e. The molecule has 0 N–H and O–H groups in total. The molecule has 2 aromatic rings. The lowest BCUT2D eigenvalue weighted by atomic mass is 10.3. The van der Waals surface area contributed by atoms with Crippen LogP contribution >= 0.6 is 45.9 Å². The highest BCUT2D eigenvalue weighted by molar-refractivity contribution is 14.1. The van der Waals surface area contributed by atoms with Gasteiger partial charge < -0.3 is 0 Å². The predicted molar refractivity (Wildman–Crippen MR) is 68.6 cm³/mol. The van der Waals surface area contributed by atoms with E-state index in [0.29, 0.717) is 10.6 Å². The lowest BCUT2D eigenvalue weighted by Crippen LogP contribution is -1.85. The predicted octanol–water partition coefficient (Wildman–Crippen LogP) is 3.57. The van der Waals surface area contributed by atoms with Gasteiger partial charge >= 0.3 is 0 Å². The van der Waals surface area contributed by atoms with E-state index in [9.17, 15) is 4.39 Å². The molecule has 0 aliphatic carbocycles. The number of thioether (sulfide) groups is 1. The van der Waals surface area contributed by atoms with Gasteiger partial charge in [0.25, 0.3) is 0 Å². The second-order valence-electron chi connectivity index (χ2n) is 2.68. The highest BCUT2D eigenvalue weighted by atomic mass is 127. The number of hydrogen-bond acceptors (Lipinski definition) is 4. The fraction of sp³-hybridized carbons (Fsp3) is 0.111. The van der Waals surface area contributed by atoms with Gasteiger partial charge in [0.2, 0.25) is 0 Å². The topological polar surface area (TPSA) is 25.8 Å². The van der Waals surface area contributed by atoms with Gasteiger partial charge in [-0.1, -0.05) is 12.1 Å². The normalized spacial score (nSPS) is 10.5. The van der Waals surface area contributed by atoms with Crippen molar-refractivity contribution in [1.29, 1.82) is 0 Å². The van der Waals surface area contributed by atoms with Gasteiger partial charge in [0.1, 0.15) is 5.82 Å². The third kappa shape index (κ3) is 3.12. The van der Waals surface area contributed by atoms with Crippen LogP contribution in [-0.2, 0) is 5.75 Å². The molecule has 0 unspecified atom stereocenters. The van der Waals surface area contributed by atoms with Crippen molar-refractivity contribution in [2.45, 2.75) is 10.6 Å². The van der Waals surface area contributed by atoms with Crippen molar-refractivity contribution in [3.63, 3.8) is 0 Å². The Morgan fingerprint density at radius 2 is 2.20 bits per heavy atom. The first kappa shape index (κ1) is 11.3. The molecule has 1 aromatic carbocycles. The monoisotopic (exact) mass is 352 g/mol. The molecule has 0 atom stereocenters. The highest BCUT2D eigenvalue weighted by Crippen LogP contribution is 2.24. The molecular formula is C9H6FIN2S2. The zero-order valence-electron chi connectivity index (χ0n) is 7.48. The zero-order chi connectivity index (χ0) is 10.7. The second kappa shape index (κ2) is 5.22. The van der Waals surface area contributed by atoms with Crippen molar-refractivity contribution in [2.24, 2.45) is 0 Å². The van der Waals surface area contributed by atoms with Gasteiger partial charge in [-0.25, -0.2) is 9.37 Å². The van der Waals surface area contributed by atoms with Crippen LogP contribution in [0.1, 0.15) is 5.82 Å². The van der Waals surface area contributed by atoms with Gasteiger partial charge in [-0.3, -0.25) is 0 Å². The third-order valence-electron chi connectivity index (χ3n) is 1.64. The maximum Gasteiger partial charge on any atom is 0.174 e. The van der Waals surface area contributed by atoms with E-state index in [1.807, 2.05) is 6.07 Å². The molecule has 6 heteroatoms. The van der Waals surface area contributed by atoms with Crippen LogP contribution in [-0.4, -0.2) is 9.36 Å². The van der Waals surface area contributed by atoms with E-state index in [0.717, 1.165) is 8.84 Å². The summed E-state index contributed by atoms with van der Waals surface area (Å²) in [6, 6.07) is 6.73. The molecule has 0 fully saturated rings. The Morgan fingerprint density at radius 3 is 2.87 bits per heavy atom. The van der Waals surface area contributed by atoms with Crippen molar-refractivity contribution in [2.75, 3.05) is 0 Å². The molecule has 78 valence electrons. The summed E-state index contributed by atoms with van der Waals surface area (Å²) in [4.78, 5) is 4.85. The van der Waals surface area contributed by atoms with Crippen LogP contribution in [0.3, 0.4) is 0 Å². The Kier molecular flexibility index (Phi) is 3.92. The van der Waals surface area contributed by atoms with Crippen LogP contribution < -0.4 is 0 Å². The quantitative estimate of drug-likeness (QED) is 0.624. The molecule has 0 spiro atoms. The average Bonchev–Trinajstić information content (AvgIpc) is 2.63. The molecule has 2 rings (SSSR count). The van der Waals surface area contributed by atoms with E-state index in [2.05, 4.69) is 31.9 Å². The minimum atomic E-state index is -0.188. The standard InChI is InChI=1S/C9H6FIN2S2/c10-6-3-1-2-4-7(6)14-5-8-12-9(11)15-13-8/h1-4H,5H2. The molecular weight excluding hydrogens is 346 g/mol. The lowest BCUT2D eigenvalue weighted by Gasteiger charge is -1.99. The third-order valence-corrected chi connectivity index (χ3v) is 4.06. The van der Waals surface area contributed by atoms with E-state index in [4.69, 9.17) is 0 Å². The molecule has 2 nitrogen and oxygen atoms in total. The fourth-order valence-electron chi connectivity index (χ4n) is 0.995. The molecule has 0 saturated carbocycles. The number of benzene rings is 1. The summed E-state index contributed by atoms with van der Waals surface area (Å²) in [5.74, 6) is 1.19. The minimum Gasteiger partial charge on any atom is -0.213 e. The van der Waals surface area contributed by atoms with Crippen molar-refractivity contribution < 1.29 is 4.39 Å². The van der Waals surface area contributed by atoms with Crippen LogP contribution in [0.4, 0.5) is 4.39 Å². The second-order valence-corrected chi connectivity index (χ2v) is 6.21. The molecule has 0 radical (unpaired) electrons. The van der Waals surface area contributed by atoms with Gasteiger partial charge in [0, 0.05) is 4.90 Å². The van der Waals surface area contributed by atoms with Crippen molar-refractivity contribution >= 4 is 45.9 Å². The Balaban J connectivity index is 2.02. The first-order valence-electron chi connectivity index (χ1n) is 4.11. The van der Waals surface area contributed by atoms with E-state index < -0.39 is 0 Å². The molecule has 0 saturated heterocycles. The maximum absolute atomic E-state index is 13.2. The number of nitrogens with zero attached hydrogens (tertiary/aromatic N) is 2. The van der Waals surface area contributed by atoms with Gasteiger partial charge in [-0.2, -0.15) is 4.37 Å². The Morgan fingerprint density at radius 1 is 1.40 bits per heavy atom. The first-order valence-corrected chi connectivity index (χ1v) is 6.95. The Hall–Kier alpha value is -0.210. The summed E-state index contributed by atoms with van der Waals surface area (Å²) < 4.78 is 18.3. The molecule has 1 heterocycles. The Labute approximate surface area is 109 Å². The van der Waals surface area contributed by atoms with Gasteiger partial charge in [-0.15, -0.1) is 11.8 Å². The summed E-state index contributed by atoms with van der Waals surface area (Å²) in [6.45, 7) is 0. The SMILES string of the molecule is Fc1ccccc1SCc1nsc(I)n1. The number of aromatic nitrogens is 2. The highest BCUT2D eigenvalue weighted by Gasteiger charge is 2.05. The summed E-state index contributed by atoms with van der Waals surface area (Å²) in [5.41, 5.74) is 0. The molecule has 15 heavy (non-hydrogen) atoms. The number of halogens is 2. The lowest BCUT2D eigenvalue weighted by molar-refractivity contribution is 0.602. The van der Waals surface area contributed by atoms with E-state index >= 15 is 0 Å². The molecule has 1 aromatic heterocycles. The molecule has 0 aliphatic rings. The zero-order valence-corrected chi connectivity index (χ0v) is 11.3. The number of rotatable bonds is 3. The van der Waals surface area contributed by atoms with Crippen LogP contribution in [0.2, 0.25) is 0 Å². The fourth-order valence-corrected chi connectivity index (χ4v) is 2.88. The van der Waals surface area contributed by atoms with E-state index in [-0.39, 0.29) is 5.82 Å². The van der Waals surface area contributed by atoms with E-state index in [1.165, 1.54) is 29.4 Å². The maximum atomic E-state index is 13.2. The van der Waals surface area contributed by atoms with Crippen molar-refractivity contribution in [3.05, 3.63) is 38.9 Å². The summed E-state index contributed by atoms with van der Waals surface area (Å²) in [7, 11) is 0. The van der Waals surface area contributed by atoms with Gasteiger partial charge in [-0.05, 0) is 46.3 Å². The summed E-state index contributed by atoms with van der Waals surface area (Å²) in [6.07, 6.45) is 0. The van der Waals surface area contributed by atoms with Crippen LogP contribution in [0.25, 0.3) is 0 Å². The number of hydrogen-bond donors (Lipinski definition) is 0. The van der Waals surface area contributed by atoms with Crippen molar-refractivity contribution in [1.82, 2.24) is 9.36 Å². The molecule has 0 bridgehead atoms. The van der Waals surface area contributed by atoms with Gasteiger partial charge in [0.05, 0.1) is 5.75 Å². The van der Waals surface area contributed by atoms with Gasteiger partial charge in [0.15, 0.2) is 8.84 Å². The van der Waals surface area contributed by atoms with Crippen LogP contribution in [0.15, 0.2) is 29.2 Å². The van der Waals surface area contributed by atoms with Crippen molar-refractivity contribution in [3.8, 4) is 0 Å². The largest absolute Gasteiger partial charge is 0.213 e. The van der Waals surface area contributed by atoms with Crippen LogP contribution in [0.5, 0.6) is 0 Å². The average molecular weight is 352 g/mol. The molecule has 0 amide bonds. The minimum absolute atomic E-state index is 0.188.